The highest BCUT2D eigenvalue weighted by Gasteiger charge is 2.34. The Labute approximate surface area is 154 Å². The van der Waals surface area contributed by atoms with E-state index < -0.39 is 12.0 Å². The molecule has 2 amide bonds. The van der Waals surface area contributed by atoms with Crippen molar-refractivity contribution in [2.45, 2.75) is 44.4 Å². The molecule has 25 heavy (non-hydrogen) atoms. The zero-order valence-electron chi connectivity index (χ0n) is 14.9. The summed E-state index contributed by atoms with van der Waals surface area (Å²) in [7, 11) is 1.54. The summed E-state index contributed by atoms with van der Waals surface area (Å²) in [6.45, 7) is 4.14. The zero-order valence-corrected chi connectivity index (χ0v) is 15.8. The molecule has 1 heterocycles. The van der Waals surface area contributed by atoms with Crippen molar-refractivity contribution in [3.8, 4) is 0 Å². The minimum absolute atomic E-state index is 0.0432. The van der Waals surface area contributed by atoms with Crippen molar-refractivity contribution in [3.63, 3.8) is 0 Å². The number of carbonyl (C=O) groups is 3. The van der Waals surface area contributed by atoms with Crippen molar-refractivity contribution >= 4 is 30.2 Å². The summed E-state index contributed by atoms with van der Waals surface area (Å²) in [5.74, 6) is -0.750. The smallest absolute Gasteiger partial charge is 0.242 e. The number of hydrogen-bond acceptors (Lipinski definition) is 4. The maximum absolute atomic E-state index is 13.1. The summed E-state index contributed by atoms with van der Waals surface area (Å²) in [6, 6.07) is 6.58. The van der Waals surface area contributed by atoms with Crippen LogP contribution in [0.15, 0.2) is 24.3 Å². The third-order valence-corrected chi connectivity index (χ3v) is 5.10. The van der Waals surface area contributed by atoms with E-state index in [1.54, 1.807) is 6.07 Å². The molecular weight excluding hydrogens is 336 g/mol. The van der Waals surface area contributed by atoms with Gasteiger partial charge in [0.25, 0.3) is 0 Å². The lowest BCUT2D eigenvalue weighted by Crippen LogP contribution is -2.47. The Kier molecular flexibility index (Phi) is 6.64. The van der Waals surface area contributed by atoms with E-state index in [0.717, 1.165) is 12.0 Å². The van der Waals surface area contributed by atoms with Crippen LogP contribution < -0.4 is 10.6 Å². The molecule has 0 aromatic heterocycles. The number of rotatable bonds is 4. The van der Waals surface area contributed by atoms with Gasteiger partial charge in [0.2, 0.25) is 11.8 Å². The van der Waals surface area contributed by atoms with Gasteiger partial charge in [0.1, 0.15) is 6.04 Å². The monoisotopic (exact) mass is 362 g/mol. The molecule has 0 spiro atoms. The van der Waals surface area contributed by atoms with E-state index in [2.05, 4.69) is 37.1 Å². The predicted octanol–water partition coefficient (Wildman–Crippen LogP) is 2.01. The van der Waals surface area contributed by atoms with E-state index in [0.29, 0.717) is 17.9 Å². The van der Waals surface area contributed by atoms with Crippen LogP contribution in [0.4, 0.5) is 0 Å². The minimum Gasteiger partial charge on any atom is -0.357 e. The number of nitrogens with one attached hydrogen (secondary N) is 2. The SMILES string of the molecule is CNC(=O)C1Cc2ccccc2C(=O)C([C@@H](S)CC(C)C)CC(=O)N1. The highest BCUT2D eigenvalue weighted by molar-refractivity contribution is 7.81. The lowest BCUT2D eigenvalue weighted by molar-refractivity contribution is -0.129. The van der Waals surface area contributed by atoms with Crippen LogP contribution in [0.5, 0.6) is 0 Å². The second-order valence-electron chi connectivity index (χ2n) is 6.97. The predicted molar refractivity (Wildman–Crippen MR) is 101 cm³/mol. The van der Waals surface area contributed by atoms with Crippen molar-refractivity contribution in [2.24, 2.45) is 11.8 Å². The molecule has 1 aromatic carbocycles. The van der Waals surface area contributed by atoms with E-state index in [-0.39, 0.29) is 29.3 Å². The summed E-state index contributed by atoms with van der Waals surface area (Å²) >= 11 is 4.62. The summed E-state index contributed by atoms with van der Waals surface area (Å²) in [4.78, 5) is 37.7. The van der Waals surface area contributed by atoms with Gasteiger partial charge in [0.05, 0.1) is 0 Å². The van der Waals surface area contributed by atoms with Gasteiger partial charge < -0.3 is 10.6 Å². The van der Waals surface area contributed by atoms with Gasteiger partial charge in [0.15, 0.2) is 5.78 Å². The summed E-state index contributed by atoms with van der Waals surface area (Å²) in [6.07, 6.45) is 1.08. The maximum Gasteiger partial charge on any atom is 0.242 e. The van der Waals surface area contributed by atoms with Crippen LogP contribution in [-0.2, 0) is 16.0 Å². The lowest BCUT2D eigenvalue weighted by atomic mass is 9.86. The standard InChI is InChI=1S/C19H26N2O3S/c1-11(2)8-16(25)14-10-17(22)21-15(19(24)20-3)9-12-6-4-5-7-13(12)18(14)23/h4-7,11,14-16,25H,8-10H2,1-3H3,(H,20,24)(H,21,22)/t14?,15?,16-/m0/s1. The molecular formula is C19H26N2O3S. The number of ketones is 1. The molecule has 1 aliphatic heterocycles. The Morgan fingerprint density at radius 1 is 1.28 bits per heavy atom. The number of benzene rings is 1. The normalized spacial score (nSPS) is 22.3. The lowest BCUT2D eigenvalue weighted by Gasteiger charge is -2.23. The van der Waals surface area contributed by atoms with Crippen LogP contribution in [0.1, 0.15) is 42.6 Å². The maximum atomic E-state index is 13.1. The first-order valence-electron chi connectivity index (χ1n) is 8.64. The number of carbonyl (C=O) groups excluding carboxylic acids is 3. The Morgan fingerprint density at radius 3 is 2.60 bits per heavy atom. The molecule has 2 unspecified atom stereocenters. The number of fused-ring (bicyclic) bond motifs is 1. The molecule has 1 aliphatic rings. The van der Waals surface area contributed by atoms with Gasteiger partial charge >= 0.3 is 0 Å². The van der Waals surface area contributed by atoms with Crippen LogP contribution in [0.3, 0.4) is 0 Å². The molecule has 0 radical (unpaired) electrons. The molecule has 0 saturated carbocycles. The van der Waals surface area contributed by atoms with E-state index >= 15 is 0 Å². The Hall–Kier alpha value is -1.82. The van der Waals surface area contributed by atoms with Crippen LogP contribution in [0, 0.1) is 11.8 Å². The van der Waals surface area contributed by atoms with Crippen LogP contribution in [-0.4, -0.2) is 35.9 Å². The molecule has 1 aromatic rings. The average molecular weight is 362 g/mol. The highest BCUT2D eigenvalue weighted by Crippen LogP contribution is 2.28. The van der Waals surface area contributed by atoms with E-state index in [4.69, 9.17) is 0 Å². The number of likely N-dealkylation sites (N-methyl/N-ethyl adjacent to an activating group) is 1. The fourth-order valence-electron chi connectivity index (χ4n) is 3.25. The molecule has 5 nitrogen and oxygen atoms in total. The third-order valence-electron chi connectivity index (χ3n) is 4.52. The second kappa shape index (κ2) is 8.52. The van der Waals surface area contributed by atoms with Crippen LogP contribution in [0.2, 0.25) is 0 Å². The molecule has 0 fully saturated rings. The van der Waals surface area contributed by atoms with Crippen molar-refractivity contribution in [1.29, 1.82) is 0 Å². The van der Waals surface area contributed by atoms with Crippen molar-refractivity contribution < 1.29 is 14.4 Å². The largest absolute Gasteiger partial charge is 0.357 e. The second-order valence-corrected chi connectivity index (χ2v) is 7.63. The van der Waals surface area contributed by atoms with Crippen LogP contribution >= 0.6 is 12.6 Å². The van der Waals surface area contributed by atoms with Gasteiger partial charge in [0, 0.05) is 36.6 Å². The molecule has 0 aliphatic carbocycles. The molecule has 0 bridgehead atoms. The van der Waals surface area contributed by atoms with E-state index in [1.165, 1.54) is 7.05 Å². The van der Waals surface area contributed by atoms with Gasteiger partial charge in [-0.1, -0.05) is 38.1 Å². The molecule has 2 rings (SSSR count). The quantitative estimate of drug-likeness (QED) is 0.717. The molecule has 3 atom stereocenters. The summed E-state index contributed by atoms with van der Waals surface area (Å²) < 4.78 is 0. The van der Waals surface area contributed by atoms with E-state index in [1.807, 2.05) is 18.2 Å². The molecule has 2 N–H and O–H groups in total. The first-order valence-corrected chi connectivity index (χ1v) is 9.16. The fourth-order valence-corrected chi connectivity index (χ4v) is 3.91. The van der Waals surface area contributed by atoms with Gasteiger partial charge in [-0.3, -0.25) is 14.4 Å². The Balaban J connectivity index is 2.42. The summed E-state index contributed by atoms with van der Waals surface area (Å²) in [5, 5.41) is 5.14. The number of thiol groups is 1. The minimum atomic E-state index is -0.686. The topological polar surface area (TPSA) is 75.3 Å². The van der Waals surface area contributed by atoms with E-state index in [9.17, 15) is 14.4 Å². The highest BCUT2D eigenvalue weighted by atomic mass is 32.1. The Bertz CT molecular complexity index is 660. The van der Waals surface area contributed by atoms with Gasteiger partial charge in [-0.2, -0.15) is 12.6 Å². The number of Topliss-reactive ketones (excluding diaryl/α,β-unsaturated/α-hetero) is 1. The van der Waals surface area contributed by atoms with Gasteiger partial charge in [-0.25, -0.2) is 0 Å². The Morgan fingerprint density at radius 2 is 1.96 bits per heavy atom. The van der Waals surface area contributed by atoms with Gasteiger partial charge in [-0.05, 0) is 17.9 Å². The van der Waals surface area contributed by atoms with Crippen molar-refractivity contribution in [3.05, 3.63) is 35.4 Å². The zero-order chi connectivity index (χ0) is 18.6. The third kappa shape index (κ3) is 4.84. The molecule has 0 saturated heterocycles. The number of amides is 2. The molecule has 6 heteroatoms. The van der Waals surface area contributed by atoms with Crippen molar-refractivity contribution in [1.82, 2.24) is 10.6 Å². The average Bonchev–Trinajstić information content (AvgIpc) is 2.62. The summed E-state index contributed by atoms with van der Waals surface area (Å²) in [5.41, 5.74) is 1.36. The molecule has 136 valence electrons. The van der Waals surface area contributed by atoms with Gasteiger partial charge in [-0.15, -0.1) is 0 Å². The first-order chi connectivity index (χ1) is 11.8. The first kappa shape index (κ1) is 19.5. The van der Waals surface area contributed by atoms with Crippen molar-refractivity contribution in [2.75, 3.05) is 7.05 Å². The fraction of sp³-hybridized carbons (Fsp3) is 0.526. The van der Waals surface area contributed by atoms with Crippen LogP contribution in [0.25, 0.3) is 0 Å². The number of hydrogen-bond donors (Lipinski definition) is 3.